The van der Waals surface area contributed by atoms with Gasteiger partial charge in [-0.05, 0) is 24.1 Å². The van der Waals surface area contributed by atoms with Crippen LogP contribution < -0.4 is 5.73 Å². The number of nitrogens with two attached hydrogens (primary N) is 1. The van der Waals surface area contributed by atoms with Crippen molar-refractivity contribution in [3.8, 4) is 0 Å². The Kier molecular flexibility index (Phi) is 3.54. The molecule has 0 bridgehead atoms. The van der Waals surface area contributed by atoms with E-state index in [1.807, 2.05) is 0 Å². The Hall–Kier alpha value is -1.14. The number of hydrogen-bond donors (Lipinski definition) is 2. The van der Waals surface area contributed by atoms with Crippen molar-refractivity contribution in [1.82, 2.24) is 0 Å². The Bertz CT molecular complexity index is 378. The van der Waals surface area contributed by atoms with Crippen molar-refractivity contribution < 1.29 is 22.7 Å². The lowest BCUT2D eigenvalue weighted by atomic mass is 10.00. The Morgan fingerprint density at radius 3 is 2.31 bits per heavy atom. The van der Waals surface area contributed by atoms with Gasteiger partial charge in [0.05, 0.1) is 6.04 Å². The minimum atomic E-state index is -4.79. The predicted octanol–water partition coefficient (Wildman–Crippen LogP) is 2.06. The van der Waals surface area contributed by atoms with Gasteiger partial charge in [0.15, 0.2) is 6.10 Å². The zero-order chi connectivity index (χ0) is 12.5. The second kappa shape index (κ2) is 4.39. The lowest BCUT2D eigenvalue weighted by Crippen LogP contribution is -2.38. The van der Waals surface area contributed by atoms with Gasteiger partial charge >= 0.3 is 6.18 Å². The molecule has 1 rings (SSSR count). The topological polar surface area (TPSA) is 46.2 Å². The summed E-state index contributed by atoms with van der Waals surface area (Å²) in [4.78, 5) is 0. The number of benzene rings is 1. The van der Waals surface area contributed by atoms with Gasteiger partial charge in [-0.3, -0.25) is 0 Å². The second-order valence-electron chi connectivity index (χ2n) is 3.52. The van der Waals surface area contributed by atoms with Crippen LogP contribution in [0.1, 0.15) is 17.2 Å². The molecule has 90 valence electrons. The van der Waals surface area contributed by atoms with Crippen LogP contribution >= 0.6 is 0 Å². The first-order chi connectivity index (χ1) is 7.23. The number of alkyl halides is 3. The van der Waals surface area contributed by atoms with Crippen molar-refractivity contribution in [2.24, 2.45) is 5.73 Å². The van der Waals surface area contributed by atoms with Gasteiger partial charge in [0.2, 0.25) is 0 Å². The molecule has 3 N–H and O–H groups in total. The van der Waals surface area contributed by atoms with Crippen molar-refractivity contribution in [2.45, 2.75) is 25.2 Å². The standard InChI is InChI=1S/C10H11F4NO/c1-5-4-6(2-3-7(5)11)8(15)9(16)10(12,13)14/h2-4,8-9,16H,15H2,1H3/t8-,9-/m1/s1. The molecule has 0 aliphatic heterocycles. The zero-order valence-electron chi connectivity index (χ0n) is 8.42. The van der Waals surface area contributed by atoms with Crippen molar-refractivity contribution in [2.75, 3.05) is 0 Å². The van der Waals surface area contributed by atoms with Crippen LogP contribution in [0.3, 0.4) is 0 Å². The van der Waals surface area contributed by atoms with Crippen molar-refractivity contribution in [3.05, 3.63) is 35.1 Å². The molecule has 2 nitrogen and oxygen atoms in total. The fraction of sp³-hybridized carbons (Fsp3) is 0.400. The third kappa shape index (κ3) is 2.70. The average Bonchev–Trinajstić information content (AvgIpc) is 2.18. The van der Waals surface area contributed by atoms with Gasteiger partial charge in [-0.15, -0.1) is 0 Å². The summed E-state index contributed by atoms with van der Waals surface area (Å²) in [6.07, 6.45) is -7.45. The minimum absolute atomic E-state index is 0.0451. The molecule has 1 aromatic carbocycles. The molecule has 0 unspecified atom stereocenters. The molecule has 6 heteroatoms. The highest BCUT2D eigenvalue weighted by Gasteiger charge is 2.42. The Morgan fingerprint density at radius 2 is 1.88 bits per heavy atom. The van der Waals surface area contributed by atoms with E-state index in [0.717, 1.165) is 12.1 Å². The highest BCUT2D eigenvalue weighted by atomic mass is 19.4. The zero-order valence-corrected chi connectivity index (χ0v) is 8.42. The molecule has 16 heavy (non-hydrogen) atoms. The molecule has 0 radical (unpaired) electrons. The van der Waals surface area contributed by atoms with E-state index in [-0.39, 0.29) is 11.1 Å². The molecule has 0 aromatic heterocycles. The van der Waals surface area contributed by atoms with Gasteiger partial charge in [-0.1, -0.05) is 12.1 Å². The fourth-order valence-electron chi connectivity index (χ4n) is 1.26. The number of aryl methyl sites for hydroxylation is 1. The van der Waals surface area contributed by atoms with Crippen LogP contribution in [0, 0.1) is 12.7 Å². The summed E-state index contributed by atoms with van der Waals surface area (Å²) in [7, 11) is 0. The highest BCUT2D eigenvalue weighted by Crippen LogP contribution is 2.29. The highest BCUT2D eigenvalue weighted by molar-refractivity contribution is 5.27. The van der Waals surface area contributed by atoms with Crippen molar-refractivity contribution in [1.29, 1.82) is 0 Å². The largest absolute Gasteiger partial charge is 0.416 e. The summed E-state index contributed by atoms with van der Waals surface area (Å²) >= 11 is 0. The van der Waals surface area contributed by atoms with E-state index in [2.05, 4.69) is 0 Å². The van der Waals surface area contributed by atoms with E-state index < -0.39 is 24.1 Å². The Morgan fingerprint density at radius 1 is 1.31 bits per heavy atom. The van der Waals surface area contributed by atoms with Gasteiger partial charge in [-0.25, -0.2) is 4.39 Å². The molecular formula is C10H11F4NO. The van der Waals surface area contributed by atoms with Crippen LogP contribution in [0.5, 0.6) is 0 Å². The van der Waals surface area contributed by atoms with Crippen LogP contribution in [0.15, 0.2) is 18.2 Å². The molecule has 1 aromatic rings. The van der Waals surface area contributed by atoms with Gasteiger partial charge in [0.25, 0.3) is 0 Å². The predicted molar refractivity (Wildman–Crippen MR) is 50.1 cm³/mol. The lowest BCUT2D eigenvalue weighted by Gasteiger charge is -2.21. The Labute approximate surface area is 89.7 Å². The average molecular weight is 237 g/mol. The molecule has 0 saturated heterocycles. The molecule has 2 atom stereocenters. The molecule has 0 amide bonds. The minimum Gasteiger partial charge on any atom is -0.382 e. The summed E-state index contributed by atoms with van der Waals surface area (Å²) < 4.78 is 49.4. The fourth-order valence-corrected chi connectivity index (χ4v) is 1.26. The van der Waals surface area contributed by atoms with Crippen LogP contribution in [0.2, 0.25) is 0 Å². The monoisotopic (exact) mass is 237 g/mol. The van der Waals surface area contributed by atoms with E-state index in [1.54, 1.807) is 0 Å². The summed E-state index contributed by atoms with van der Waals surface area (Å²) in [5.41, 5.74) is 5.48. The third-order valence-corrected chi connectivity index (χ3v) is 2.24. The number of rotatable bonds is 2. The van der Waals surface area contributed by atoms with E-state index in [1.165, 1.54) is 13.0 Å². The van der Waals surface area contributed by atoms with E-state index >= 15 is 0 Å². The van der Waals surface area contributed by atoms with Gasteiger partial charge < -0.3 is 10.8 Å². The molecule has 0 spiro atoms. The maximum absolute atomic E-state index is 12.9. The quantitative estimate of drug-likeness (QED) is 0.773. The molecule has 0 aliphatic carbocycles. The summed E-state index contributed by atoms with van der Waals surface area (Å²) in [5.74, 6) is -0.530. The maximum Gasteiger partial charge on any atom is 0.416 e. The normalized spacial score (nSPS) is 15.9. The van der Waals surface area contributed by atoms with Gasteiger partial charge in [0.1, 0.15) is 5.82 Å². The van der Waals surface area contributed by atoms with Crippen molar-refractivity contribution in [3.63, 3.8) is 0 Å². The SMILES string of the molecule is Cc1cc([C@@H](N)[C@@H](O)C(F)(F)F)ccc1F. The molecule has 0 aliphatic rings. The van der Waals surface area contributed by atoms with Crippen LogP contribution in [0.4, 0.5) is 17.6 Å². The number of halogens is 4. The van der Waals surface area contributed by atoms with Crippen LogP contribution in [-0.2, 0) is 0 Å². The summed E-state index contributed by atoms with van der Waals surface area (Å²) in [5, 5.41) is 8.92. The number of hydrogen-bond acceptors (Lipinski definition) is 2. The lowest BCUT2D eigenvalue weighted by molar-refractivity contribution is -0.210. The molecule has 0 saturated carbocycles. The van der Waals surface area contributed by atoms with Crippen molar-refractivity contribution >= 4 is 0 Å². The number of aliphatic hydroxyl groups is 1. The molecular weight excluding hydrogens is 226 g/mol. The number of aliphatic hydroxyl groups excluding tert-OH is 1. The van der Waals surface area contributed by atoms with Crippen LogP contribution in [0.25, 0.3) is 0 Å². The second-order valence-corrected chi connectivity index (χ2v) is 3.52. The summed E-state index contributed by atoms with van der Waals surface area (Å²) in [6.45, 7) is 1.41. The first-order valence-corrected chi connectivity index (χ1v) is 4.50. The first-order valence-electron chi connectivity index (χ1n) is 4.50. The molecule has 0 heterocycles. The van der Waals surface area contributed by atoms with E-state index in [0.29, 0.717) is 0 Å². The Balaban J connectivity index is 2.97. The van der Waals surface area contributed by atoms with E-state index in [9.17, 15) is 17.6 Å². The van der Waals surface area contributed by atoms with Gasteiger partial charge in [0, 0.05) is 0 Å². The maximum atomic E-state index is 12.9. The van der Waals surface area contributed by atoms with E-state index in [4.69, 9.17) is 10.8 Å². The molecule has 0 fully saturated rings. The smallest absolute Gasteiger partial charge is 0.382 e. The van der Waals surface area contributed by atoms with Gasteiger partial charge in [-0.2, -0.15) is 13.2 Å². The third-order valence-electron chi connectivity index (χ3n) is 2.24. The first kappa shape index (κ1) is 12.9. The summed E-state index contributed by atoms with van der Waals surface area (Å²) in [6, 6.07) is 1.73. The van der Waals surface area contributed by atoms with Crippen LogP contribution in [-0.4, -0.2) is 17.4 Å².